The zero-order chi connectivity index (χ0) is 16.5. The highest BCUT2D eigenvalue weighted by atomic mass is 16.1. The average Bonchev–Trinajstić information content (AvgIpc) is 2.58. The van der Waals surface area contributed by atoms with Crippen LogP contribution in [-0.4, -0.2) is 5.91 Å². The fourth-order valence-electron chi connectivity index (χ4n) is 2.42. The SMILES string of the molecule is C/C=C(\C=C(\C#N)CC)C1Cc2ccccc2NC1=O.CC. The summed E-state index contributed by atoms with van der Waals surface area (Å²) in [6, 6.07) is 10.0. The van der Waals surface area contributed by atoms with Gasteiger partial charge in [-0.2, -0.15) is 5.26 Å². The molecule has 0 radical (unpaired) electrons. The molecule has 0 saturated carbocycles. The molecule has 3 nitrogen and oxygen atoms in total. The van der Waals surface area contributed by atoms with Crippen molar-refractivity contribution in [2.45, 2.75) is 40.5 Å². The number of carbonyl (C=O) groups excluding carboxylic acids is 1. The summed E-state index contributed by atoms with van der Waals surface area (Å²) in [5.41, 5.74) is 3.64. The molecule has 1 aromatic rings. The number of benzene rings is 1. The second kappa shape index (κ2) is 8.84. The van der Waals surface area contributed by atoms with E-state index in [2.05, 4.69) is 11.4 Å². The second-order valence-electron chi connectivity index (χ2n) is 4.83. The van der Waals surface area contributed by atoms with E-state index in [4.69, 9.17) is 5.26 Å². The van der Waals surface area contributed by atoms with Crippen molar-refractivity contribution in [1.82, 2.24) is 0 Å². The van der Waals surface area contributed by atoms with Gasteiger partial charge in [0.1, 0.15) is 0 Å². The molecule has 0 saturated heterocycles. The molecule has 1 aliphatic heterocycles. The number of nitrogens with zero attached hydrogens (tertiary/aromatic N) is 1. The maximum absolute atomic E-state index is 12.3. The van der Waals surface area contributed by atoms with Crippen molar-refractivity contribution >= 4 is 11.6 Å². The Balaban J connectivity index is 0.00000116. The summed E-state index contributed by atoms with van der Waals surface area (Å²) < 4.78 is 0. The van der Waals surface area contributed by atoms with Gasteiger partial charge in [0.15, 0.2) is 0 Å². The summed E-state index contributed by atoms with van der Waals surface area (Å²) >= 11 is 0. The highest BCUT2D eigenvalue weighted by Gasteiger charge is 2.27. The molecule has 3 heteroatoms. The summed E-state index contributed by atoms with van der Waals surface area (Å²) in [7, 11) is 0. The van der Waals surface area contributed by atoms with E-state index in [0.29, 0.717) is 18.4 Å². The summed E-state index contributed by atoms with van der Waals surface area (Å²) in [6.07, 6.45) is 5.13. The number of nitriles is 1. The van der Waals surface area contributed by atoms with Crippen LogP contribution in [0, 0.1) is 17.2 Å². The number of allylic oxidation sites excluding steroid dienone is 3. The quantitative estimate of drug-likeness (QED) is 0.653. The Morgan fingerprint density at radius 3 is 2.68 bits per heavy atom. The second-order valence-corrected chi connectivity index (χ2v) is 4.83. The molecule has 1 heterocycles. The number of amides is 1. The van der Waals surface area contributed by atoms with Gasteiger partial charge in [-0.05, 0) is 43.0 Å². The molecular weight excluding hydrogens is 272 g/mol. The van der Waals surface area contributed by atoms with Gasteiger partial charge in [-0.3, -0.25) is 4.79 Å². The number of para-hydroxylation sites is 1. The molecule has 1 aliphatic rings. The molecule has 1 aromatic carbocycles. The summed E-state index contributed by atoms with van der Waals surface area (Å²) in [5, 5.41) is 12.0. The predicted molar refractivity (Wildman–Crippen MR) is 91.4 cm³/mol. The van der Waals surface area contributed by atoms with Crippen LogP contribution in [-0.2, 0) is 11.2 Å². The lowest BCUT2D eigenvalue weighted by Crippen LogP contribution is -2.30. The molecule has 1 atom stereocenters. The van der Waals surface area contributed by atoms with Crippen LogP contribution in [0.2, 0.25) is 0 Å². The van der Waals surface area contributed by atoms with Crippen LogP contribution in [0.1, 0.15) is 39.7 Å². The Bertz CT molecular complexity index is 621. The van der Waals surface area contributed by atoms with Crippen LogP contribution in [0.4, 0.5) is 5.69 Å². The monoisotopic (exact) mass is 296 g/mol. The van der Waals surface area contributed by atoms with Gasteiger partial charge in [0.05, 0.1) is 12.0 Å². The first-order valence-corrected chi connectivity index (χ1v) is 7.85. The van der Waals surface area contributed by atoms with E-state index >= 15 is 0 Å². The van der Waals surface area contributed by atoms with E-state index < -0.39 is 0 Å². The first-order chi connectivity index (χ1) is 10.7. The number of hydrogen-bond donors (Lipinski definition) is 1. The van der Waals surface area contributed by atoms with E-state index in [0.717, 1.165) is 16.8 Å². The average molecular weight is 296 g/mol. The Hall–Kier alpha value is -2.34. The molecular formula is C19H24N2O. The molecule has 0 aliphatic carbocycles. The lowest BCUT2D eigenvalue weighted by atomic mass is 9.86. The molecule has 1 amide bonds. The molecule has 0 spiro atoms. The molecule has 1 N–H and O–H groups in total. The van der Waals surface area contributed by atoms with Gasteiger partial charge in [-0.1, -0.05) is 45.0 Å². The lowest BCUT2D eigenvalue weighted by Gasteiger charge is -2.25. The summed E-state index contributed by atoms with van der Waals surface area (Å²) in [6.45, 7) is 7.85. The van der Waals surface area contributed by atoms with Crippen LogP contribution in [0.3, 0.4) is 0 Å². The number of rotatable bonds is 3. The third kappa shape index (κ3) is 4.08. The molecule has 0 aromatic heterocycles. The van der Waals surface area contributed by atoms with Crippen molar-refractivity contribution in [1.29, 1.82) is 5.26 Å². The van der Waals surface area contributed by atoms with Crippen molar-refractivity contribution in [3.05, 3.63) is 53.1 Å². The Morgan fingerprint density at radius 2 is 2.09 bits per heavy atom. The Kier molecular flexibility index (Phi) is 7.12. The smallest absolute Gasteiger partial charge is 0.232 e. The largest absolute Gasteiger partial charge is 0.325 e. The van der Waals surface area contributed by atoms with Crippen molar-refractivity contribution in [2.75, 3.05) is 5.32 Å². The zero-order valence-corrected chi connectivity index (χ0v) is 13.8. The van der Waals surface area contributed by atoms with Crippen molar-refractivity contribution in [2.24, 2.45) is 5.92 Å². The maximum Gasteiger partial charge on any atom is 0.232 e. The first-order valence-electron chi connectivity index (χ1n) is 7.85. The summed E-state index contributed by atoms with van der Waals surface area (Å²) in [5.74, 6) is -0.216. The van der Waals surface area contributed by atoms with Gasteiger partial charge in [-0.25, -0.2) is 0 Å². The highest BCUT2D eigenvalue weighted by Crippen LogP contribution is 2.30. The number of anilines is 1. The van der Waals surface area contributed by atoms with Gasteiger partial charge in [-0.15, -0.1) is 0 Å². The number of hydrogen-bond acceptors (Lipinski definition) is 2. The normalized spacial score (nSPS) is 17.6. The third-order valence-corrected chi connectivity index (χ3v) is 3.62. The Labute approximate surface area is 133 Å². The van der Waals surface area contributed by atoms with E-state index in [1.807, 2.05) is 64.1 Å². The fourth-order valence-corrected chi connectivity index (χ4v) is 2.42. The van der Waals surface area contributed by atoms with E-state index in [1.54, 1.807) is 0 Å². The third-order valence-electron chi connectivity index (χ3n) is 3.62. The minimum atomic E-state index is -0.218. The van der Waals surface area contributed by atoms with E-state index in [-0.39, 0.29) is 11.8 Å². The molecule has 2 rings (SSSR count). The molecule has 0 fully saturated rings. The molecule has 22 heavy (non-hydrogen) atoms. The number of fused-ring (bicyclic) bond motifs is 1. The zero-order valence-electron chi connectivity index (χ0n) is 13.8. The van der Waals surface area contributed by atoms with Crippen LogP contribution in [0.5, 0.6) is 0 Å². The van der Waals surface area contributed by atoms with Crippen LogP contribution in [0.15, 0.2) is 47.6 Å². The van der Waals surface area contributed by atoms with Gasteiger partial charge in [0, 0.05) is 11.3 Å². The molecule has 116 valence electrons. The van der Waals surface area contributed by atoms with Gasteiger partial charge in [0.2, 0.25) is 5.91 Å². The Morgan fingerprint density at radius 1 is 1.41 bits per heavy atom. The summed E-state index contributed by atoms with van der Waals surface area (Å²) in [4.78, 5) is 12.3. The van der Waals surface area contributed by atoms with E-state index in [9.17, 15) is 4.79 Å². The predicted octanol–water partition coefficient (Wildman–Crippen LogP) is 4.63. The lowest BCUT2D eigenvalue weighted by molar-refractivity contribution is -0.119. The first kappa shape index (κ1) is 17.7. The topological polar surface area (TPSA) is 52.9 Å². The van der Waals surface area contributed by atoms with Gasteiger partial charge in [0.25, 0.3) is 0 Å². The maximum atomic E-state index is 12.3. The minimum absolute atomic E-state index is 0.00134. The van der Waals surface area contributed by atoms with Crippen LogP contribution >= 0.6 is 0 Å². The molecule has 0 bridgehead atoms. The minimum Gasteiger partial charge on any atom is -0.325 e. The van der Waals surface area contributed by atoms with Crippen molar-refractivity contribution in [3.8, 4) is 6.07 Å². The fraction of sp³-hybridized carbons (Fsp3) is 0.368. The van der Waals surface area contributed by atoms with Crippen molar-refractivity contribution < 1.29 is 4.79 Å². The molecule has 1 unspecified atom stereocenters. The van der Waals surface area contributed by atoms with Crippen LogP contribution in [0.25, 0.3) is 0 Å². The number of carbonyl (C=O) groups is 1. The standard InChI is InChI=1S/C17H18N2O.C2H6/c1-3-12(11-18)9-13(4-2)15-10-14-7-5-6-8-16(14)19-17(15)20;1-2/h4-9,15H,3,10H2,1-2H3,(H,19,20);1-2H3/b12-9+,13-4+;. The van der Waals surface area contributed by atoms with Crippen molar-refractivity contribution in [3.63, 3.8) is 0 Å². The highest BCUT2D eigenvalue weighted by molar-refractivity contribution is 5.97. The van der Waals surface area contributed by atoms with E-state index in [1.165, 1.54) is 0 Å². The number of nitrogens with one attached hydrogen (secondary N) is 1. The van der Waals surface area contributed by atoms with Crippen LogP contribution < -0.4 is 5.32 Å². The van der Waals surface area contributed by atoms with Gasteiger partial charge >= 0.3 is 0 Å². The van der Waals surface area contributed by atoms with Gasteiger partial charge < -0.3 is 5.32 Å².